The molecule has 2 aromatic carbocycles. The molecule has 0 N–H and O–H groups in total. The average molecular weight is 308 g/mol. The minimum absolute atomic E-state index is 0.341. The van der Waals surface area contributed by atoms with Crippen LogP contribution in [0.25, 0.3) is 0 Å². The van der Waals surface area contributed by atoms with Crippen molar-refractivity contribution in [3.05, 3.63) is 65.2 Å². The fourth-order valence-electron chi connectivity index (χ4n) is 2.15. The first-order valence-corrected chi connectivity index (χ1v) is 7.22. The van der Waals surface area contributed by atoms with E-state index in [-0.39, 0.29) is 0 Å². The summed E-state index contributed by atoms with van der Waals surface area (Å²) in [5, 5.41) is 0. The molecule has 2 rings (SSSR count). The molecule has 0 aromatic heterocycles. The summed E-state index contributed by atoms with van der Waals surface area (Å²) in [4.78, 5) is 0. The molecule has 0 amide bonds. The highest BCUT2D eigenvalue weighted by atomic mass is 19.4. The van der Waals surface area contributed by atoms with Gasteiger partial charge in [-0.05, 0) is 47.7 Å². The van der Waals surface area contributed by atoms with Gasteiger partial charge in [0.05, 0.1) is 5.56 Å². The number of alkyl halides is 3. The Kier molecular flexibility index (Phi) is 5.11. The maximum Gasteiger partial charge on any atom is 0.416 e. The molecule has 0 aliphatic heterocycles. The summed E-state index contributed by atoms with van der Waals surface area (Å²) in [6.07, 6.45) is -3.29. The molecule has 0 unspecified atom stereocenters. The molecule has 0 heterocycles. The van der Waals surface area contributed by atoms with Gasteiger partial charge < -0.3 is 4.74 Å². The smallest absolute Gasteiger partial charge is 0.416 e. The van der Waals surface area contributed by atoms with Crippen LogP contribution in [0.3, 0.4) is 0 Å². The number of halogens is 3. The Morgan fingerprint density at radius 3 is 1.91 bits per heavy atom. The van der Waals surface area contributed by atoms with Crippen molar-refractivity contribution in [1.29, 1.82) is 0 Å². The van der Waals surface area contributed by atoms with Gasteiger partial charge in [0.1, 0.15) is 12.4 Å². The Balaban J connectivity index is 1.92. The van der Waals surface area contributed by atoms with E-state index in [1.807, 2.05) is 12.1 Å². The van der Waals surface area contributed by atoms with Crippen LogP contribution < -0.4 is 4.74 Å². The van der Waals surface area contributed by atoms with Gasteiger partial charge in [-0.1, -0.05) is 38.1 Å². The second-order valence-corrected chi connectivity index (χ2v) is 5.73. The van der Waals surface area contributed by atoms with Gasteiger partial charge in [0.25, 0.3) is 0 Å². The summed E-state index contributed by atoms with van der Waals surface area (Å²) in [5.74, 6) is 1.04. The number of ether oxygens (including phenoxy) is 1. The number of benzene rings is 2. The van der Waals surface area contributed by atoms with E-state index >= 15 is 0 Å². The quantitative estimate of drug-likeness (QED) is 0.710. The lowest BCUT2D eigenvalue weighted by atomic mass is 10.0. The molecule has 4 heteroatoms. The minimum atomic E-state index is -4.31. The van der Waals surface area contributed by atoms with Gasteiger partial charge in [0.2, 0.25) is 0 Å². The molecule has 0 atom stereocenters. The Morgan fingerprint density at radius 1 is 0.864 bits per heavy atom. The first-order chi connectivity index (χ1) is 10.3. The topological polar surface area (TPSA) is 9.23 Å². The van der Waals surface area contributed by atoms with Crippen LogP contribution in [0.2, 0.25) is 0 Å². The highest BCUT2D eigenvalue weighted by Crippen LogP contribution is 2.30. The molecule has 0 saturated carbocycles. The Morgan fingerprint density at radius 2 is 1.41 bits per heavy atom. The Bertz CT molecular complexity index is 583. The van der Waals surface area contributed by atoms with Gasteiger partial charge in [0, 0.05) is 0 Å². The summed E-state index contributed by atoms with van der Waals surface area (Å²) in [5.41, 5.74) is 1.60. The summed E-state index contributed by atoms with van der Waals surface area (Å²) in [6.45, 7) is 4.68. The standard InChI is InChI=1S/C18H19F3O/c1-13(2)11-14-3-5-15(6-4-14)12-22-17-9-7-16(8-10-17)18(19,20)21/h3-10,13H,11-12H2,1-2H3. The summed E-state index contributed by atoms with van der Waals surface area (Å²) < 4.78 is 42.9. The van der Waals surface area contributed by atoms with E-state index in [1.165, 1.54) is 17.7 Å². The van der Waals surface area contributed by atoms with Gasteiger partial charge in [-0.15, -0.1) is 0 Å². The molecule has 1 nitrogen and oxygen atoms in total. The van der Waals surface area contributed by atoms with Gasteiger partial charge in [0.15, 0.2) is 0 Å². The molecule has 0 aliphatic carbocycles. The molecule has 118 valence electrons. The third-order valence-electron chi connectivity index (χ3n) is 3.25. The van der Waals surface area contributed by atoms with Gasteiger partial charge in [-0.25, -0.2) is 0 Å². The van der Waals surface area contributed by atoms with Crippen molar-refractivity contribution in [3.8, 4) is 5.75 Å². The van der Waals surface area contributed by atoms with Crippen molar-refractivity contribution < 1.29 is 17.9 Å². The lowest BCUT2D eigenvalue weighted by Gasteiger charge is -2.10. The molecule has 0 aliphatic rings. The van der Waals surface area contributed by atoms with E-state index in [0.29, 0.717) is 18.3 Å². The van der Waals surface area contributed by atoms with Crippen molar-refractivity contribution in [2.24, 2.45) is 5.92 Å². The van der Waals surface area contributed by atoms with Gasteiger partial charge >= 0.3 is 6.18 Å². The molecule has 2 aromatic rings. The first-order valence-electron chi connectivity index (χ1n) is 7.22. The highest BCUT2D eigenvalue weighted by molar-refractivity contribution is 5.29. The third kappa shape index (κ3) is 4.79. The lowest BCUT2D eigenvalue weighted by molar-refractivity contribution is -0.137. The molecule has 0 fully saturated rings. The van der Waals surface area contributed by atoms with Crippen molar-refractivity contribution in [2.45, 2.75) is 33.1 Å². The molecular weight excluding hydrogens is 289 g/mol. The van der Waals surface area contributed by atoms with Gasteiger partial charge in [-0.2, -0.15) is 13.2 Å². The van der Waals surface area contributed by atoms with Crippen LogP contribution in [0.4, 0.5) is 13.2 Å². The van der Waals surface area contributed by atoms with Crippen LogP contribution in [0, 0.1) is 5.92 Å². The summed E-state index contributed by atoms with van der Waals surface area (Å²) in [7, 11) is 0. The molecule has 22 heavy (non-hydrogen) atoms. The average Bonchev–Trinajstić information content (AvgIpc) is 2.45. The zero-order chi connectivity index (χ0) is 16.2. The molecule has 0 spiro atoms. The van der Waals surface area contributed by atoms with Crippen LogP contribution in [0.1, 0.15) is 30.5 Å². The van der Waals surface area contributed by atoms with E-state index in [4.69, 9.17) is 4.74 Å². The Hall–Kier alpha value is -1.97. The minimum Gasteiger partial charge on any atom is -0.489 e. The number of hydrogen-bond acceptors (Lipinski definition) is 1. The molecule has 0 bridgehead atoms. The van der Waals surface area contributed by atoms with E-state index in [1.54, 1.807) is 0 Å². The maximum atomic E-state index is 12.5. The predicted molar refractivity (Wildman–Crippen MR) is 80.8 cm³/mol. The van der Waals surface area contributed by atoms with Crippen molar-refractivity contribution >= 4 is 0 Å². The van der Waals surface area contributed by atoms with Crippen LogP contribution in [0.5, 0.6) is 5.75 Å². The van der Waals surface area contributed by atoms with Crippen LogP contribution in [-0.2, 0) is 19.2 Å². The molecular formula is C18H19F3O. The molecule has 0 saturated heterocycles. The highest BCUT2D eigenvalue weighted by Gasteiger charge is 2.29. The van der Waals surface area contributed by atoms with Gasteiger partial charge in [-0.3, -0.25) is 0 Å². The number of hydrogen-bond donors (Lipinski definition) is 0. The third-order valence-corrected chi connectivity index (χ3v) is 3.25. The lowest BCUT2D eigenvalue weighted by Crippen LogP contribution is -2.04. The monoisotopic (exact) mass is 308 g/mol. The predicted octanol–water partition coefficient (Wildman–Crippen LogP) is 5.48. The molecule has 0 radical (unpaired) electrons. The van der Waals surface area contributed by atoms with Crippen LogP contribution >= 0.6 is 0 Å². The van der Waals surface area contributed by atoms with E-state index in [2.05, 4.69) is 26.0 Å². The van der Waals surface area contributed by atoms with E-state index in [9.17, 15) is 13.2 Å². The maximum absolute atomic E-state index is 12.5. The second-order valence-electron chi connectivity index (χ2n) is 5.73. The van der Waals surface area contributed by atoms with Crippen molar-refractivity contribution in [3.63, 3.8) is 0 Å². The van der Waals surface area contributed by atoms with E-state index in [0.717, 1.165) is 24.1 Å². The zero-order valence-corrected chi connectivity index (χ0v) is 12.7. The fraction of sp³-hybridized carbons (Fsp3) is 0.333. The zero-order valence-electron chi connectivity index (χ0n) is 12.7. The first kappa shape index (κ1) is 16.4. The fourth-order valence-corrected chi connectivity index (χ4v) is 2.15. The largest absolute Gasteiger partial charge is 0.489 e. The van der Waals surface area contributed by atoms with Crippen LogP contribution in [0.15, 0.2) is 48.5 Å². The van der Waals surface area contributed by atoms with E-state index < -0.39 is 11.7 Å². The summed E-state index contributed by atoms with van der Waals surface area (Å²) in [6, 6.07) is 12.8. The normalized spacial score (nSPS) is 11.7. The second kappa shape index (κ2) is 6.86. The number of rotatable bonds is 5. The van der Waals surface area contributed by atoms with Crippen molar-refractivity contribution in [2.75, 3.05) is 0 Å². The summed E-state index contributed by atoms with van der Waals surface area (Å²) >= 11 is 0. The Labute approximate surface area is 128 Å². The van der Waals surface area contributed by atoms with Crippen LogP contribution in [-0.4, -0.2) is 0 Å². The van der Waals surface area contributed by atoms with Crippen molar-refractivity contribution in [1.82, 2.24) is 0 Å². The SMILES string of the molecule is CC(C)Cc1ccc(COc2ccc(C(F)(F)F)cc2)cc1.